The van der Waals surface area contributed by atoms with Gasteiger partial charge in [0.15, 0.2) is 5.76 Å². The maximum atomic E-state index is 12.6. The highest BCUT2D eigenvalue weighted by Crippen LogP contribution is 2.32. The number of hydrogen-bond donors (Lipinski definition) is 0. The molecule has 0 aliphatic carbocycles. The van der Waals surface area contributed by atoms with Crippen molar-refractivity contribution in [2.24, 2.45) is 0 Å². The minimum absolute atomic E-state index is 0.239. The maximum Gasteiger partial charge on any atom is 0.289 e. The van der Waals surface area contributed by atoms with Crippen LogP contribution in [0.15, 0.2) is 41.0 Å². The van der Waals surface area contributed by atoms with E-state index in [0.29, 0.717) is 25.1 Å². The first-order chi connectivity index (χ1) is 11.6. The summed E-state index contributed by atoms with van der Waals surface area (Å²) in [5.41, 5.74) is 0.572. The number of rotatable bonds is 2. The summed E-state index contributed by atoms with van der Waals surface area (Å²) in [5, 5.41) is 0.273. The van der Waals surface area contributed by atoms with Crippen molar-refractivity contribution in [2.75, 3.05) is 13.1 Å². The second-order valence-electron chi connectivity index (χ2n) is 5.81. The normalized spacial score (nSPS) is 20.0. The summed E-state index contributed by atoms with van der Waals surface area (Å²) in [6.07, 6.45) is 1.97. The molecule has 1 unspecified atom stereocenters. The van der Waals surface area contributed by atoms with Crippen LogP contribution >= 0.6 is 11.6 Å². The summed E-state index contributed by atoms with van der Waals surface area (Å²) in [4.78, 5) is 40.3. The number of furan rings is 1. The summed E-state index contributed by atoms with van der Waals surface area (Å²) >= 11 is 6.07. The van der Waals surface area contributed by atoms with Crippen LogP contribution in [-0.4, -0.2) is 46.7 Å². The van der Waals surface area contributed by atoms with E-state index in [-0.39, 0.29) is 34.2 Å². The molecule has 1 saturated heterocycles. The van der Waals surface area contributed by atoms with Crippen molar-refractivity contribution >= 4 is 29.3 Å². The van der Waals surface area contributed by atoms with E-state index in [1.807, 2.05) is 0 Å². The zero-order valence-corrected chi connectivity index (χ0v) is 13.3. The Morgan fingerprint density at radius 1 is 1.17 bits per heavy atom. The number of carbonyl (C=O) groups is 3. The quantitative estimate of drug-likeness (QED) is 0.784. The largest absolute Gasteiger partial charge is 0.459 e. The Balaban J connectivity index is 1.56. The number of benzene rings is 1. The number of hydrogen-bond acceptors (Lipinski definition) is 4. The fraction of sp³-hybridized carbons (Fsp3) is 0.235. The van der Waals surface area contributed by atoms with Crippen molar-refractivity contribution in [3.05, 3.63) is 58.5 Å². The van der Waals surface area contributed by atoms with Crippen LogP contribution < -0.4 is 0 Å². The smallest absolute Gasteiger partial charge is 0.289 e. The molecule has 2 aliphatic heterocycles. The van der Waals surface area contributed by atoms with Gasteiger partial charge in [0.25, 0.3) is 17.7 Å². The highest BCUT2D eigenvalue weighted by atomic mass is 35.5. The Morgan fingerprint density at radius 2 is 2.00 bits per heavy atom. The molecule has 0 N–H and O–H groups in total. The lowest BCUT2D eigenvalue weighted by atomic mass is 10.1. The number of nitrogens with zero attached hydrogens (tertiary/aromatic N) is 2. The van der Waals surface area contributed by atoms with Crippen LogP contribution in [0.2, 0.25) is 5.02 Å². The Morgan fingerprint density at radius 3 is 2.71 bits per heavy atom. The van der Waals surface area contributed by atoms with Crippen LogP contribution in [-0.2, 0) is 0 Å². The SMILES string of the molecule is O=C(c1ccco1)N1CCC(N2C(=O)c3cccc(Cl)c3C2=O)C1. The minimum atomic E-state index is -0.391. The third-order valence-electron chi connectivity index (χ3n) is 4.44. The molecule has 2 aliphatic rings. The number of likely N-dealkylation sites (tertiary alicyclic amines) is 1. The van der Waals surface area contributed by atoms with Crippen LogP contribution in [0.3, 0.4) is 0 Å². The van der Waals surface area contributed by atoms with Gasteiger partial charge in [0, 0.05) is 13.1 Å². The molecule has 7 heteroatoms. The predicted octanol–water partition coefficient (Wildman–Crippen LogP) is 2.44. The third-order valence-corrected chi connectivity index (χ3v) is 4.76. The molecular formula is C17H13ClN2O4. The molecule has 0 saturated carbocycles. The van der Waals surface area contributed by atoms with Gasteiger partial charge in [-0.15, -0.1) is 0 Å². The number of halogens is 1. The van der Waals surface area contributed by atoms with Gasteiger partial charge < -0.3 is 9.32 Å². The fourth-order valence-electron chi connectivity index (χ4n) is 3.29. The Bertz CT molecular complexity index is 846. The van der Waals surface area contributed by atoms with E-state index < -0.39 is 5.91 Å². The van der Waals surface area contributed by atoms with Crippen LogP contribution in [0.1, 0.15) is 37.7 Å². The molecule has 2 aromatic rings. The number of imide groups is 1. The van der Waals surface area contributed by atoms with E-state index in [4.69, 9.17) is 16.0 Å². The Labute approximate surface area is 142 Å². The molecule has 1 atom stereocenters. The first-order valence-corrected chi connectivity index (χ1v) is 7.95. The lowest BCUT2D eigenvalue weighted by molar-refractivity contribution is 0.0572. The molecule has 122 valence electrons. The summed E-state index contributed by atoms with van der Waals surface area (Å²) in [6, 6.07) is 7.73. The average molecular weight is 345 g/mol. The molecule has 4 rings (SSSR count). The van der Waals surface area contributed by atoms with Crippen molar-refractivity contribution in [3.63, 3.8) is 0 Å². The second kappa shape index (κ2) is 5.49. The predicted molar refractivity (Wildman–Crippen MR) is 85.0 cm³/mol. The van der Waals surface area contributed by atoms with E-state index in [1.165, 1.54) is 11.2 Å². The third kappa shape index (κ3) is 2.14. The van der Waals surface area contributed by atoms with Crippen LogP contribution in [0.4, 0.5) is 0 Å². The van der Waals surface area contributed by atoms with Crippen molar-refractivity contribution in [1.29, 1.82) is 0 Å². The van der Waals surface area contributed by atoms with Crippen LogP contribution in [0.25, 0.3) is 0 Å². The minimum Gasteiger partial charge on any atom is -0.459 e. The molecule has 3 amide bonds. The molecule has 3 heterocycles. The number of fused-ring (bicyclic) bond motifs is 1. The summed E-state index contributed by atoms with van der Waals surface area (Å²) in [6.45, 7) is 0.758. The highest BCUT2D eigenvalue weighted by Gasteiger charge is 2.44. The highest BCUT2D eigenvalue weighted by molar-refractivity contribution is 6.37. The van der Waals surface area contributed by atoms with Gasteiger partial charge in [-0.3, -0.25) is 19.3 Å². The van der Waals surface area contributed by atoms with Gasteiger partial charge in [0.1, 0.15) is 0 Å². The standard InChI is InChI=1S/C17H13ClN2O4/c18-12-4-1-3-11-14(12)17(23)20(15(11)21)10-6-7-19(9-10)16(22)13-5-2-8-24-13/h1-5,8,10H,6-7,9H2. The molecule has 0 radical (unpaired) electrons. The van der Waals surface area contributed by atoms with E-state index in [1.54, 1.807) is 35.2 Å². The lowest BCUT2D eigenvalue weighted by Crippen LogP contribution is -2.42. The van der Waals surface area contributed by atoms with Gasteiger partial charge in [0.05, 0.1) is 28.5 Å². The van der Waals surface area contributed by atoms with Crippen molar-refractivity contribution in [1.82, 2.24) is 9.80 Å². The molecule has 1 aromatic heterocycles. The molecule has 1 fully saturated rings. The van der Waals surface area contributed by atoms with Crippen molar-refractivity contribution in [2.45, 2.75) is 12.5 Å². The summed E-state index contributed by atoms with van der Waals surface area (Å²) in [7, 11) is 0. The fourth-order valence-corrected chi connectivity index (χ4v) is 3.54. The molecular weight excluding hydrogens is 332 g/mol. The summed E-state index contributed by atoms with van der Waals surface area (Å²) in [5.74, 6) is -0.731. The topological polar surface area (TPSA) is 70.8 Å². The van der Waals surface area contributed by atoms with Gasteiger partial charge in [0.2, 0.25) is 0 Å². The summed E-state index contributed by atoms with van der Waals surface area (Å²) < 4.78 is 5.12. The lowest BCUT2D eigenvalue weighted by Gasteiger charge is -2.22. The molecule has 24 heavy (non-hydrogen) atoms. The molecule has 0 spiro atoms. The Hall–Kier alpha value is -2.60. The average Bonchev–Trinajstić information content (AvgIpc) is 3.29. The van der Waals surface area contributed by atoms with Gasteiger partial charge >= 0.3 is 0 Å². The zero-order valence-electron chi connectivity index (χ0n) is 12.6. The monoisotopic (exact) mass is 344 g/mol. The molecule has 6 nitrogen and oxygen atoms in total. The van der Waals surface area contributed by atoms with Crippen molar-refractivity contribution < 1.29 is 18.8 Å². The molecule has 0 bridgehead atoms. The van der Waals surface area contributed by atoms with E-state index in [9.17, 15) is 14.4 Å². The first-order valence-electron chi connectivity index (χ1n) is 7.57. The van der Waals surface area contributed by atoms with E-state index in [0.717, 1.165) is 0 Å². The van der Waals surface area contributed by atoms with Gasteiger partial charge in [-0.1, -0.05) is 17.7 Å². The molecule has 1 aromatic carbocycles. The van der Waals surface area contributed by atoms with Gasteiger partial charge in [-0.2, -0.15) is 0 Å². The van der Waals surface area contributed by atoms with Gasteiger partial charge in [-0.25, -0.2) is 0 Å². The van der Waals surface area contributed by atoms with E-state index in [2.05, 4.69) is 0 Å². The van der Waals surface area contributed by atoms with Crippen LogP contribution in [0, 0.1) is 0 Å². The number of carbonyl (C=O) groups excluding carboxylic acids is 3. The maximum absolute atomic E-state index is 12.6. The van der Waals surface area contributed by atoms with E-state index >= 15 is 0 Å². The van der Waals surface area contributed by atoms with Crippen LogP contribution in [0.5, 0.6) is 0 Å². The van der Waals surface area contributed by atoms with Crippen molar-refractivity contribution in [3.8, 4) is 0 Å². The number of amides is 3. The Kier molecular flexibility index (Phi) is 3.42. The zero-order chi connectivity index (χ0) is 16.8. The van der Waals surface area contributed by atoms with Gasteiger partial charge in [-0.05, 0) is 30.7 Å². The second-order valence-corrected chi connectivity index (χ2v) is 6.22. The first kappa shape index (κ1) is 15.0.